The fourth-order valence-electron chi connectivity index (χ4n) is 21.4. The Bertz CT molecular complexity index is 5230. The second-order valence-corrected chi connectivity index (χ2v) is 32.3. The van der Waals surface area contributed by atoms with Crippen molar-refractivity contribution >= 4 is 52.4 Å². The van der Waals surface area contributed by atoms with E-state index in [9.17, 15) is 69.1 Å². The minimum absolute atomic E-state index is 0. The SMILES string of the molecule is COC1=C(C)C(=O)C2=C(C1=O)[C@H](CNC(C)=O)N1C(C2)[C@H]2c3c(cc(C)c(OC)c3O)C[C@@H]([C@@H]1C#N)N2C.COCOc1c(OC)c(C)cc2c1[C@@H]1C3CC4=C(C(=O)C(=O)C(C)=C4O)[C@H](CNC(C)=O)N3[C@@H](C#N)[C@H](C2)N1C.COCOc1c(OC)c(C)cc2c1[C@@H]1C3CC4=C(C(=O)C(OC)=C(C)C4=O)[C@H](CNC(C)=O)N3[C@@H](C#N)[C@H](C2)N1C.[Na+].[Na+].[OH-].[OH-]. The zero-order valence-corrected chi connectivity index (χ0v) is 77.3. The van der Waals surface area contributed by atoms with Crippen LogP contribution in [-0.4, -0.2) is 280 Å². The van der Waals surface area contributed by atoms with Gasteiger partial charge in [0.15, 0.2) is 71.2 Å². The molecule has 12 aliphatic rings. The van der Waals surface area contributed by atoms with E-state index in [2.05, 4.69) is 61.0 Å². The predicted molar refractivity (Wildman–Crippen MR) is 430 cm³/mol. The smallest absolute Gasteiger partial charge is 0.870 e. The normalized spacial score (nSPS) is 27.2. The summed E-state index contributed by atoms with van der Waals surface area (Å²) in [6, 6.07) is 6.55. The molecule has 0 aromatic heterocycles. The maximum Gasteiger partial charge on any atom is 1.00 e. The van der Waals surface area contributed by atoms with Crippen molar-refractivity contribution in [1.29, 1.82) is 15.8 Å². The van der Waals surface area contributed by atoms with Gasteiger partial charge < -0.3 is 79.7 Å². The fraction of sp³-hybridized carbons (Fsp3) is 0.517. The number of piperazine rings is 3. The van der Waals surface area contributed by atoms with E-state index in [0.717, 1.165) is 44.5 Å². The minimum Gasteiger partial charge on any atom is -0.870 e. The zero-order valence-electron chi connectivity index (χ0n) is 73.3. The van der Waals surface area contributed by atoms with Crippen molar-refractivity contribution in [2.24, 2.45) is 0 Å². The molecule has 36 heteroatoms. The Kier molecular flexibility index (Phi) is 30.7. The number of nitrogens with one attached hydrogen (secondary N) is 3. The van der Waals surface area contributed by atoms with Crippen molar-refractivity contribution in [1.82, 2.24) is 45.3 Å². The molecule has 3 aliphatic carbocycles. The molecule has 34 nitrogen and oxygen atoms in total. The summed E-state index contributed by atoms with van der Waals surface area (Å²) in [5, 5.41) is 62.6. The first-order valence-corrected chi connectivity index (χ1v) is 39.5. The Hall–Kier alpha value is -9.20. The van der Waals surface area contributed by atoms with E-state index in [1.165, 1.54) is 56.1 Å². The van der Waals surface area contributed by atoms with Gasteiger partial charge in [-0.25, -0.2) is 0 Å². The number of methoxy groups -OCH3 is 7. The number of aryl methyl sites for hydroxylation is 3. The van der Waals surface area contributed by atoms with Crippen molar-refractivity contribution in [3.05, 3.63) is 136 Å². The summed E-state index contributed by atoms with van der Waals surface area (Å²) in [4.78, 5) is 130. The molecule has 3 aromatic rings. The molecule has 3 fully saturated rings. The molecule has 0 radical (unpaired) electrons. The largest absolute Gasteiger partial charge is 1.00 e. The molecule has 9 heterocycles. The average Bonchev–Trinajstić information content (AvgIpc) is 0.707. The number of aliphatic hydroxyl groups excluding tert-OH is 1. The number of likely N-dealkylation sites (N-methyl/N-ethyl adjacent to an activating group) is 3. The van der Waals surface area contributed by atoms with E-state index in [1.807, 2.05) is 62.7 Å². The van der Waals surface area contributed by atoms with Crippen molar-refractivity contribution < 1.29 is 166 Å². The van der Waals surface area contributed by atoms with Crippen molar-refractivity contribution in [3.8, 4) is 52.7 Å². The van der Waals surface area contributed by atoms with Gasteiger partial charge in [-0.15, -0.1) is 0 Å². The number of hydrogen-bond acceptors (Lipinski definition) is 31. The van der Waals surface area contributed by atoms with Crippen LogP contribution in [0.4, 0.5) is 0 Å². The number of aliphatic hydroxyl groups is 1. The van der Waals surface area contributed by atoms with Gasteiger partial charge in [-0.1, -0.05) is 18.2 Å². The molecule has 3 aromatic carbocycles. The van der Waals surface area contributed by atoms with Gasteiger partial charge >= 0.3 is 59.1 Å². The van der Waals surface area contributed by atoms with Gasteiger partial charge in [-0.2, -0.15) is 15.8 Å². The van der Waals surface area contributed by atoms with Gasteiger partial charge in [0.25, 0.3) is 0 Å². The third kappa shape index (κ3) is 16.0. The van der Waals surface area contributed by atoms with Crippen LogP contribution < -0.4 is 98.7 Å². The monoisotopic (exact) mass is 1710 g/mol. The number of allylic oxidation sites excluding steroid dienone is 6. The number of nitrogens with zero attached hydrogens (tertiary/aromatic N) is 9. The molecule has 3 saturated heterocycles. The summed E-state index contributed by atoms with van der Waals surface area (Å²) >= 11 is 0. The molecule has 15 rings (SSSR count). The van der Waals surface area contributed by atoms with E-state index in [4.69, 9.17) is 42.6 Å². The summed E-state index contributed by atoms with van der Waals surface area (Å²) in [5.41, 5.74) is 10.5. The Morgan fingerprint density at radius 1 is 0.415 bits per heavy atom. The van der Waals surface area contributed by atoms with Gasteiger partial charge in [-0.05, 0) is 135 Å². The Labute approximate surface area is 758 Å². The molecule has 3 amide bonds. The molecule has 0 saturated carbocycles. The van der Waals surface area contributed by atoms with Gasteiger partial charge in [0.2, 0.25) is 40.9 Å². The number of phenols is 1. The third-order valence-electron chi connectivity index (χ3n) is 26.2. The van der Waals surface area contributed by atoms with Crippen LogP contribution in [0.15, 0.2) is 85.6 Å². The van der Waals surface area contributed by atoms with Crippen LogP contribution in [-0.2, 0) is 81.4 Å². The molecule has 123 heavy (non-hydrogen) atoms. The van der Waals surface area contributed by atoms with Gasteiger partial charge in [0.1, 0.15) is 23.9 Å². The summed E-state index contributed by atoms with van der Waals surface area (Å²) < 4.78 is 50.6. The molecular weight excluding hydrogens is 1610 g/mol. The Balaban J connectivity index is 0.000000206. The zero-order chi connectivity index (χ0) is 86.4. The minimum atomic E-state index is -0.787. The number of nitriles is 3. The Morgan fingerprint density at radius 2 is 0.724 bits per heavy atom. The van der Waals surface area contributed by atoms with Crippen LogP contribution >= 0.6 is 0 Å². The third-order valence-corrected chi connectivity index (χ3v) is 26.2. The van der Waals surface area contributed by atoms with Crippen LogP contribution in [0, 0.1) is 54.8 Å². The van der Waals surface area contributed by atoms with Crippen LogP contribution in [0.5, 0.6) is 34.5 Å². The van der Waals surface area contributed by atoms with Crippen LogP contribution in [0.25, 0.3) is 0 Å². The summed E-state index contributed by atoms with van der Waals surface area (Å²) in [6.07, 6.45) is 2.27. The number of hydrogen-bond donors (Lipinski definition) is 5. The number of ether oxygens (including phenoxy) is 9. The van der Waals surface area contributed by atoms with Gasteiger partial charge in [-0.3, -0.25) is 72.6 Å². The summed E-state index contributed by atoms with van der Waals surface area (Å²) in [5.74, 6) is -1.12. The average molecular weight is 1720 g/mol. The number of phenolic OH excluding ortho intramolecular Hbond substituents is 1. The number of ketones is 6. The second-order valence-electron chi connectivity index (χ2n) is 32.3. The van der Waals surface area contributed by atoms with E-state index in [0.29, 0.717) is 75.9 Å². The number of benzene rings is 3. The fourth-order valence-corrected chi connectivity index (χ4v) is 21.4. The van der Waals surface area contributed by atoms with E-state index < -0.39 is 65.7 Å². The first-order valence-electron chi connectivity index (χ1n) is 39.5. The van der Waals surface area contributed by atoms with E-state index >= 15 is 0 Å². The molecule has 15 atom stereocenters. The first kappa shape index (κ1) is 97.6. The number of carbonyl (C=O) groups excluding carboxylic acids is 9. The maximum absolute atomic E-state index is 13.8. The molecule has 9 aliphatic heterocycles. The van der Waals surface area contributed by atoms with Gasteiger partial charge in [0, 0.05) is 158 Å². The molecule has 646 valence electrons. The van der Waals surface area contributed by atoms with E-state index in [1.54, 1.807) is 35.2 Å². The topological polar surface area (TPSA) is 464 Å². The number of aromatic hydroxyl groups is 1. The number of rotatable bonds is 17. The van der Waals surface area contributed by atoms with Crippen molar-refractivity contribution in [2.75, 3.05) is 104 Å². The predicted octanol–water partition coefficient (Wildman–Crippen LogP) is -1.50. The van der Waals surface area contributed by atoms with Crippen molar-refractivity contribution in [3.63, 3.8) is 0 Å². The Morgan fingerprint density at radius 3 is 1.03 bits per heavy atom. The summed E-state index contributed by atoms with van der Waals surface area (Å²) in [6.45, 7) is 14.7. The van der Waals surface area contributed by atoms with Gasteiger partial charge in [0.05, 0.1) is 90.0 Å². The van der Waals surface area contributed by atoms with Crippen LogP contribution in [0.1, 0.15) is 129 Å². The quantitative estimate of drug-likeness (QED) is 0.0338. The number of Topliss-reactive ketones (excluding diaryl/α,β-unsaturated/α-hetero) is 6. The van der Waals surface area contributed by atoms with Crippen LogP contribution in [0.2, 0.25) is 0 Å². The van der Waals surface area contributed by atoms with E-state index in [-0.39, 0.29) is 251 Å². The summed E-state index contributed by atoms with van der Waals surface area (Å²) in [7, 11) is 16.4. The second kappa shape index (κ2) is 38.7. The van der Waals surface area contributed by atoms with Crippen LogP contribution in [0.3, 0.4) is 0 Å². The molecule has 0 spiro atoms. The number of amides is 3. The molecule has 3 unspecified atom stereocenters. The molecular formula is C87H104N12Na2O22. The number of fused-ring (bicyclic) bond motifs is 18. The molecule has 7 N–H and O–H groups in total. The van der Waals surface area contributed by atoms with Crippen molar-refractivity contribution in [2.45, 2.75) is 191 Å². The maximum atomic E-state index is 13.8. The number of carbonyl (C=O) groups is 9. The standard InChI is InChI=1S/C30H36N4O7.C29H34N4O7.C28H32N4O6.2Na.2H2O/c1-14-8-17-9-19-21(11-31)34-20(25(33(19)4)23(17)30(28(14)39-6)41-13-38-5)10-18-24(22(34)12-32-16(3)35)27(37)29(40-7)15(2)26(18)36;1-13-7-16-8-18-20(10-30)33-19(24(32(18)4)22(16)29(28(13)39-6)40-12-38-5)9-17-23(21(33)11-31-15(3)34)27(37)26(36)14(2)25(17)35;1-12-7-15-8-17-19(10-29)32-18(23(31(17)4)21(15)25(35)27(12)37-5)9-16-22(20(32)11-30-14(3)33)26(36)28(38-6)13(2)24(16)34;;;;/h8,19-22,25H,9-10,12-13H2,1-7H3,(H,32,35);7,18-21,24,35H,8-9,11-12H2,1-6H3,(H,31,34);7,17-20,23,35H,8-9,11H2,1-6H3,(H,30,33);;;2*1H2/q;;;2*+1;;/p-2/t19-,20?,21-,22-,25-;18-,19?,20-,21-,24-;17-,18?,19-,20-,23-;;;;/m000..../s1. The first-order chi connectivity index (χ1) is 56.7. The molecule has 6 bridgehead atoms.